The minimum atomic E-state index is -0.268. The SMILES string of the molecule is COc1ccc(-c2cc(=O)[nH]c(Nc3cc(OC)ccc3OC)n2)cc1. The molecule has 134 valence electrons. The Labute approximate surface area is 150 Å². The Bertz CT molecular complexity index is 952. The summed E-state index contributed by atoms with van der Waals surface area (Å²) < 4.78 is 15.7. The zero-order valence-corrected chi connectivity index (χ0v) is 14.7. The van der Waals surface area contributed by atoms with Crippen LogP contribution in [-0.2, 0) is 0 Å². The molecule has 7 nitrogen and oxygen atoms in total. The van der Waals surface area contributed by atoms with Crippen LogP contribution >= 0.6 is 0 Å². The maximum Gasteiger partial charge on any atom is 0.252 e. The van der Waals surface area contributed by atoms with Crippen molar-refractivity contribution >= 4 is 11.6 Å². The molecule has 0 spiro atoms. The van der Waals surface area contributed by atoms with E-state index in [1.165, 1.54) is 6.07 Å². The van der Waals surface area contributed by atoms with E-state index in [9.17, 15) is 4.79 Å². The number of nitrogens with zero attached hydrogens (tertiary/aromatic N) is 1. The van der Waals surface area contributed by atoms with Crippen LogP contribution in [0, 0.1) is 0 Å². The fourth-order valence-electron chi connectivity index (χ4n) is 2.47. The number of ether oxygens (including phenoxy) is 3. The fourth-order valence-corrected chi connectivity index (χ4v) is 2.47. The maximum atomic E-state index is 12.1. The molecule has 0 fully saturated rings. The van der Waals surface area contributed by atoms with Crippen molar-refractivity contribution in [2.24, 2.45) is 0 Å². The van der Waals surface area contributed by atoms with Gasteiger partial charge in [-0.1, -0.05) is 0 Å². The van der Waals surface area contributed by atoms with E-state index in [1.807, 2.05) is 24.3 Å². The Morgan fingerprint density at radius 2 is 1.58 bits per heavy atom. The third-order valence-corrected chi connectivity index (χ3v) is 3.79. The van der Waals surface area contributed by atoms with Gasteiger partial charge >= 0.3 is 0 Å². The largest absolute Gasteiger partial charge is 0.497 e. The highest BCUT2D eigenvalue weighted by Gasteiger charge is 2.09. The maximum absolute atomic E-state index is 12.1. The summed E-state index contributed by atoms with van der Waals surface area (Å²) in [4.78, 5) is 19.2. The van der Waals surface area contributed by atoms with E-state index in [0.29, 0.717) is 28.8 Å². The molecule has 1 heterocycles. The van der Waals surface area contributed by atoms with E-state index < -0.39 is 0 Å². The lowest BCUT2D eigenvalue weighted by molar-refractivity contribution is 0.405. The summed E-state index contributed by atoms with van der Waals surface area (Å²) in [5, 5.41) is 3.08. The molecular formula is C19H19N3O4. The number of H-pyrrole nitrogens is 1. The van der Waals surface area contributed by atoms with Crippen molar-refractivity contribution < 1.29 is 14.2 Å². The van der Waals surface area contributed by atoms with Crippen molar-refractivity contribution in [3.63, 3.8) is 0 Å². The third kappa shape index (κ3) is 3.77. The number of rotatable bonds is 6. The zero-order chi connectivity index (χ0) is 18.5. The zero-order valence-electron chi connectivity index (χ0n) is 14.7. The van der Waals surface area contributed by atoms with Crippen molar-refractivity contribution in [1.82, 2.24) is 9.97 Å². The Morgan fingerprint density at radius 1 is 0.885 bits per heavy atom. The molecule has 0 atom stereocenters. The molecule has 2 N–H and O–H groups in total. The van der Waals surface area contributed by atoms with Crippen LogP contribution in [0.4, 0.5) is 11.6 Å². The number of hydrogen-bond donors (Lipinski definition) is 2. The number of benzene rings is 2. The summed E-state index contributed by atoms with van der Waals surface area (Å²) >= 11 is 0. The molecule has 0 saturated carbocycles. The molecule has 0 amide bonds. The average Bonchev–Trinajstić information content (AvgIpc) is 2.67. The molecule has 7 heteroatoms. The molecule has 0 bridgehead atoms. The summed E-state index contributed by atoms with van der Waals surface area (Å²) in [6.45, 7) is 0. The Kier molecular flexibility index (Phi) is 5.07. The van der Waals surface area contributed by atoms with Crippen molar-refractivity contribution in [2.45, 2.75) is 0 Å². The Balaban J connectivity index is 1.96. The van der Waals surface area contributed by atoms with Crippen LogP contribution in [0.25, 0.3) is 11.3 Å². The van der Waals surface area contributed by atoms with Gasteiger partial charge in [-0.25, -0.2) is 4.98 Å². The Hall–Kier alpha value is -3.48. The van der Waals surface area contributed by atoms with Gasteiger partial charge in [0, 0.05) is 17.7 Å². The van der Waals surface area contributed by atoms with Gasteiger partial charge in [-0.3, -0.25) is 9.78 Å². The minimum absolute atomic E-state index is 0.268. The molecule has 0 unspecified atom stereocenters. The summed E-state index contributed by atoms with van der Waals surface area (Å²) in [5.41, 5.74) is 1.70. The van der Waals surface area contributed by atoms with E-state index in [-0.39, 0.29) is 5.56 Å². The summed E-state index contributed by atoms with van der Waals surface area (Å²) in [6, 6.07) is 14.1. The molecule has 0 radical (unpaired) electrons. The van der Waals surface area contributed by atoms with Gasteiger partial charge in [0.1, 0.15) is 17.2 Å². The van der Waals surface area contributed by atoms with Crippen LogP contribution in [0.5, 0.6) is 17.2 Å². The first-order valence-electron chi connectivity index (χ1n) is 7.88. The number of nitrogens with one attached hydrogen (secondary N) is 2. The summed E-state index contributed by atoms with van der Waals surface area (Å²) in [7, 11) is 4.75. The second kappa shape index (κ2) is 7.60. The molecule has 3 aromatic rings. The summed E-state index contributed by atoms with van der Waals surface area (Å²) in [6.07, 6.45) is 0. The molecule has 0 saturated heterocycles. The normalized spacial score (nSPS) is 10.3. The smallest absolute Gasteiger partial charge is 0.252 e. The van der Waals surface area contributed by atoms with Gasteiger partial charge in [-0.2, -0.15) is 0 Å². The number of hydrogen-bond acceptors (Lipinski definition) is 6. The lowest BCUT2D eigenvalue weighted by Gasteiger charge is -2.12. The molecule has 1 aromatic heterocycles. The van der Waals surface area contributed by atoms with Crippen LogP contribution < -0.4 is 25.1 Å². The first kappa shape index (κ1) is 17.3. The second-order valence-corrected chi connectivity index (χ2v) is 5.40. The quantitative estimate of drug-likeness (QED) is 0.708. The molecule has 2 aromatic carbocycles. The average molecular weight is 353 g/mol. The van der Waals surface area contributed by atoms with E-state index in [2.05, 4.69) is 15.3 Å². The molecular weight excluding hydrogens is 334 g/mol. The topological polar surface area (TPSA) is 85.5 Å². The van der Waals surface area contributed by atoms with Crippen LogP contribution in [-0.4, -0.2) is 31.3 Å². The first-order chi connectivity index (χ1) is 12.6. The van der Waals surface area contributed by atoms with Crippen LogP contribution in [0.2, 0.25) is 0 Å². The molecule has 0 aliphatic carbocycles. The molecule has 0 aliphatic heterocycles. The van der Waals surface area contributed by atoms with Gasteiger partial charge in [0.15, 0.2) is 0 Å². The standard InChI is InChI=1S/C19H19N3O4/c1-24-13-6-4-12(5-7-13)15-11-18(23)22-19(20-15)21-16-10-14(25-2)8-9-17(16)26-3/h4-11H,1-3H3,(H2,20,21,22,23). The van der Waals surface area contributed by atoms with E-state index in [0.717, 1.165) is 11.3 Å². The van der Waals surface area contributed by atoms with Gasteiger partial charge < -0.3 is 19.5 Å². The predicted octanol–water partition coefficient (Wildman–Crippen LogP) is 3.21. The lowest BCUT2D eigenvalue weighted by Crippen LogP contribution is -2.11. The second-order valence-electron chi connectivity index (χ2n) is 5.40. The van der Waals surface area contributed by atoms with Gasteiger partial charge in [0.05, 0.1) is 32.7 Å². The molecule has 3 rings (SSSR count). The number of aromatic nitrogens is 2. The highest BCUT2D eigenvalue weighted by molar-refractivity contribution is 5.67. The van der Waals surface area contributed by atoms with E-state index in [4.69, 9.17) is 14.2 Å². The van der Waals surface area contributed by atoms with Crippen LogP contribution in [0.1, 0.15) is 0 Å². The number of anilines is 2. The van der Waals surface area contributed by atoms with Gasteiger partial charge in [-0.15, -0.1) is 0 Å². The van der Waals surface area contributed by atoms with Crippen LogP contribution in [0.15, 0.2) is 53.3 Å². The first-order valence-corrected chi connectivity index (χ1v) is 7.88. The monoisotopic (exact) mass is 353 g/mol. The predicted molar refractivity (Wildman–Crippen MR) is 99.7 cm³/mol. The van der Waals surface area contributed by atoms with Gasteiger partial charge in [0.25, 0.3) is 5.56 Å². The van der Waals surface area contributed by atoms with Crippen molar-refractivity contribution in [3.05, 3.63) is 58.9 Å². The summed E-state index contributed by atoms with van der Waals surface area (Å²) in [5.74, 6) is 2.29. The lowest BCUT2D eigenvalue weighted by atomic mass is 10.1. The van der Waals surface area contributed by atoms with Crippen molar-refractivity contribution in [2.75, 3.05) is 26.6 Å². The highest BCUT2D eigenvalue weighted by Crippen LogP contribution is 2.31. The fraction of sp³-hybridized carbons (Fsp3) is 0.158. The van der Waals surface area contributed by atoms with Gasteiger partial charge in [0.2, 0.25) is 5.95 Å². The molecule has 26 heavy (non-hydrogen) atoms. The van der Waals surface area contributed by atoms with Gasteiger partial charge in [-0.05, 0) is 36.4 Å². The third-order valence-electron chi connectivity index (χ3n) is 3.79. The van der Waals surface area contributed by atoms with E-state index in [1.54, 1.807) is 39.5 Å². The Morgan fingerprint density at radius 3 is 2.23 bits per heavy atom. The number of methoxy groups -OCH3 is 3. The molecule has 0 aliphatic rings. The minimum Gasteiger partial charge on any atom is -0.497 e. The highest BCUT2D eigenvalue weighted by atomic mass is 16.5. The van der Waals surface area contributed by atoms with Crippen molar-refractivity contribution in [1.29, 1.82) is 0 Å². The van der Waals surface area contributed by atoms with Crippen molar-refractivity contribution in [3.8, 4) is 28.5 Å². The number of aromatic amines is 1. The van der Waals surface area contributed by atoms with Crippen LogP contribution in [0.3, 0.4) is 0 Å². The van der Waals surface area contributed by atoms with E-state index >= 15 is 0 Å².